The van der Waals surface area contributed by atoms with Gasteiger partial charge >= 0.3 is 6.18 Å². The van der Waals surface area contributed by atoms with Crippen molar-refractivity contribution in [2.75, 3.05) is 20.3 Å². The average Bonchev–Trinajstić information content (AvgIpc) is 3.19. The van der Waals surface area contributed by atoms with Crippen LogP contribution in [0.2, 0.25) is 0 Å². The number of rotatable bonds is 7. The number of amides is 1. The van der Waals surface area contributed by atoms with Crippen LogP contribution in [0.15, 0.2) is 54.6 Å². The lowest BCUT2D eigenvalue weighted by molar-refractivity contribution is -0.384. The van der Waals surface area contributed by atoms with E-state index in [1.807, 2.05) is 0 Å². The highest BCUT2D eigenvalue weighted by atomic mass is 19.4. The first-order chi connectivity index (χ1) is 14.7. The molecule has 162 valence electrons. The van der Waals surface area contributed by atoms with E-state index in [0.29, 0.717) is 11.3 Å². The summed E-state index contributed by atoms with van der Waals surface area (Å²) in [6.07, 6.45) is -4.48. The van der Waals surface area contributed by atoms with E-state index >= 15 is 0 Å². The second-order valence-electron chi connectivity index (χ2n) is 6.57. The molecule has 0 saturated carbocycles. The molecule has 0 fully saturated rings. The van der Waals surface area contributed by atoms with Crippen molar-refractivity contribution in [1.82, 2.24) is 10.3 Å². The van der Waals surface area contributed by atoms with Gasteiger partial charge in [0.2, 0.25) is 0 Å². The number of carbonyl (C=O) groups excluding carboxylic acids is 1. The molecule has 1 amide bonds. The number of H-pyrrole nitrogens is 1. The number of hydrogen-bond donors (Lipinski definition) is 2. The standard InChI is InChI=1S/C21H18F3N3O4/c1-31-11-10-25-20(28)16-12-17(13-6-8-14(9-7-13)21(22,23)24)26-19(16)15-4-2-3-5-18(15)27(29)30/h2-9,12,26H,10-11H2,1H3,(H,25,28). The molecule has 0 unspecified atom stereocenters. The van der Waals surface area contributed by atoms with E-state index in [2.05, 4.69) is 10.3 Å². The molecule has 2 N–H and O–H groups in total. The van der Waals surface area contributed by atoms with E-state index in [9.17, 15) is 28.1 Å². The van der Waals surface area contributed by atoms with Gasteiger partial charge in [-0.1, -0.05) is 24.3 Å². The molecule has 0 aliphatic heterocycles. The van der Waals surface area contributed by atoms with Crippen molar-refractivity contribution in [3.8, 4) is 22.5 Å². The lowest BCUT2D eigenvalue weighted by Crippen LogP contribution is -2.27. The lowest BCUT2D eigenvalue weighted by atomic mass is 10.0. The Labute approximate surface area is 175 Å². The number of para-hydroxylation sites is 1. The Morgan fingerprint density at radius 1 is 1.16 bits per heavy atom. The first kappa shape index (κ1) is 22.0. The number of nitro benzene ring substituents is 1. The van der Waals surface area contributed by atoms with Gasteiger partial charge in [-0.05, 0) is 29.8 Å². The zero-order valence-electron chi connectivity index (χ0n) is 16.3. The van der Waals surface area contributed by atoms with Crippen LogP contribution in [0.25, 0.3) is 22.5 Å². The predicted molar refractivity (Wildman–Crippen MR) is 108 cm³/mol. The Morgan fingerprint density at radius 2 is 1.84 bits per heavy atom. The third-order valence-corrected chi connectivity index (χ3v) is 4.55. The maximum atomic E-state index is 12.9. The summed E-state index contributed by atoms with van der Waals surface area (Å²) in [7, 11) is 1.48. The number of halogens is 3. The molecule has 10 heteroatoms. The zero-order valence-corrected chi connectivity index (χ0v) is 16.3. The van der Waals surface area contributed by atoms with Crippen molar-refractivity contribution in [3.05, 3.63) is 75.8 Å². The molecule has 0 bridgehead atoms. The molecule has 1 aromatic heterocycles. The number of aromatic nitrogens is 1. The summed E-state index contributed by atoms with van der Waals surface area (Å²) >= 11 is 0. The Balaban J connectivity index is 2.08. The fourth-order valence-electron chi connectivity index (χ4n) is 3.05. The van der Waals surface area contributed by atoms with Crippen LogP contribution < -0.4 is 5.32 Å². The highest BCUT2D eigenvalue weighted by Gasteiger charge is 2.30. The van der Waals surface area contributed by atoms with Crippen LogP contribution in [0.1, 0.15) is 15.9 Å². The van der Waals surface area contributed by atoms with Crippen molar-refractivity contribution in [1.29, 1.82) is 0 Å². The number of hydrogen-bond acceptors (Lipinski definition) is 4. The largest absolute Gasteiger partial charge is 0.416 e. The van der Waals surface area contributed by atoms with Gasteiger partial charge in [-0.15, -0.1) is 0 Å². The molecule has 3 aromatic rings. The van der Waals surface area contributed by atoms with Crippen LogP contribution >= 0.6 is 0 Å². The molecule has 0 aliphatic rings. The summed E-state index contributed by atoms with van der Waals surface area (Å²) in [4.78, 5) is 26.6. The van der Waals surface area contributed by atoms with E-state index in [0.717, 1.165) is 12.1 Å². The third kappa shape index (κ3) is 4.92. The van der Waals surface area contributed by atoms with Gasteiger partial charge in [-0.25, -0.2) is 0 Å². The molecule has 0 atom stereocenters. The van der Waals surface area contributed by atoms with Crippen LogP contribution in [-0.4, -0.2) is 36.1 Å². The zero-order chi connectivity index (χ0) is 22.6. The van der Waals surface area contributed by atoms with Gasteiger partial charge in [0.05, 0.1) is 33.9 Å². The van der Waals surface area contributed by atoms with Gasteiger partial charge < -0.3 is 15.0 Å². The summed E-state index contributed by atoms with van der Waals surface area (Å²) in [6.45, 7) is 0.481. The summed E-state index contributed by atoms with van der Waals surface area (Å²) < 4.78 is 43.5. The van der Waals surface area contributed by atoms with Crippen LogP contribution in [0, 0.1) is 10.1 Å². The molecule has 1 heterocycles. The molecule has 0 saturated heterocycles. The minimum Gasteiger partial charge on any atom is -0.383 e. The Kier molecular flexibility index (Phi) is 6.40. The van der Waals surface area contributed by atoms with Gasteiger partial charge in [0.1, 0.15) is 0 Å². The van der Waals surface area contributed by atoms with Crippen LogP contribution in [0.5, 0.6) is 0 Å². The van der Waals surface area contributed by atoms with Crippen molar-refractivity contribution in [2.45, 2.75) is 6.18 Å². The second kappa shape index (κ2) is 9.00. The smallest absolute Gasteiger partial charge is 0.383 e. The van der Waals surface area contributed by atoms with Gasteiger partial charge in [0.15, 0.2) is 0 Å². The fraction of sp³-hybridized carbons (Fsp3) is 0.190. The number of nitro groups is 1. The summed E-state index contributed by atoms with van der Waals surface area (Å²) in [5.74, 6) is -0.500. The lowest BCUT2D eigenvalue weighted by Gasteiger charge is -2.07. The Bertz CT molecular complexity index is 1090. The Hall–Kier alpha value is -3.66. The Morgan fingerprint density at radius 3 is 2.45 bits per heavy atom. The van der Waals surface area contributed by atoms with E-state index in [1.165, 1.54) is 43.5 Å². The summed E-state index contributed by atoms with van der Waals surface area (Å²) in [5, 5.41) is 14.1. The van der Waals surface area contributed by atoms with E-state index in [4.69, 9.17) is 4.74 Å². The molecule has 0 aliphatic carbocycles. The van der Waals surface area contributed by atoms with Crippen molar-refractivity contribution >= 4 is 11.6 Å². The normalized spacial score (nSPS) is 11.4. The highest BCUT2D eigenvalue weighted by molar-refractivity contribution is 6.02. The number of ether oxygens (including phenoxy) is 1. The number of methoxy groups -OCH3 is 1. The van der Waals surface area contributed by atoms with Gasteiger partial charge in [-0.3, -0.25) is 14.9 Å². The SMILES string of the molecule is COCCNC(=O)c1cc(-c2ccc(C(F)(F)F)cc2)[nH]c1-c1ccccc1[N+](=O)[O-]. The molecule has 31 heavy (non-hydrogen) atoms. The number of alkyl halides is 3. The molecular formula is C21H18F3N3O4. The first-order valence-corrected chi connectivity index (χ1v) is 9.14. The van der Waals surface area contributed by atoms with Gasteiger partial charge in [0.25, 0.3) is 11.6 Å². The molecule has 3 rings (SSSR count). The number of nitrogens with one attached hydrogen (secondary N) is 2. The molecule has 0 spiro atoms. The van der Waals surface area contributed by atoms with Crippen LogP contribution in [0.3, 0.4) is 0 Å². The van der Waals surface area contributed by atoms with E-state index in [-0.39, 0.29) is 35.7 Å². The van der Waals surface area contributed by atoms with Crippen molar-refractivity contribution < 1.29 is 27.6 Å². The van der Waals surface area contributed by atoms with Crippen molar-refractivity contribution in [2.24, 2.45) is 0 Å². The number of aromatic amines is 1. The predicted octanol–water partition coefficient (Wildman–Crippen LogP) is 4.65. The topological polar surface area (TPSA) is 97.3 Å². The number of nitrogens with zero attached hydrogens (tertiary/aromatic N) is 1. The summed E-state index contributed by atoms with van der Waals surface area (Å²) in [6, 6.07) is 11.7. The molecule has 7 nitrogen and oxygen atoms in total. The monoisotopic (exact) mass is 433 g/mol. The summed E-state index contributed by atoms with van der Waals surface area (Å²) in [5.41, 5.74) is 0.219. The van der Waals surface area contributed by atoms with E-state index in [1.54, 1.807) is 6.07 Å². The third-order valence-electron chi connectivity index (χ3n) is 4.55. The second-order valence-corrected chi connectivity index (χ2v) is 6.57. The highest BCUT2D eigenvalue weighted by Crippen LogP contribution is 2.35. The minimum atomic E-state index is -4.48. The maximum absolute atomic E-state index is 12.9. The van der Waals surface area contributed by atoms with Crippen LogP contribution in [0.4, 0.5) is 18.9 Å². The quantitative estimate of drug-likeness (QED) is 0.322. The molecular weight excluding hydrogens is 415 g/mol. The van der Waals surface area contributed by atoms with Crippen LogP contribution in [-0.2, 0) is 10.9 Å². The fourth-order valence-corrected chi connectivity index (χ4v) is 3.05. The maximum Gasteiger partial charge on any atom is 0.416 e. The number of carbonyl (C=O) groups is 1. The first-order valence-electron chi connectivity index (χ1n) is 9.14. The van der Waals surface area contributed by atoms with Crippen molar-refractivity contribution in [3.63, 3.8) is 0 Å². The number of benzene rings is 2. The molecule has 2 aromatic carbocycles. The van der Waals surface area contributed by atoms with Gasteiger partial charge in [0, 0.05) is 25.4 Å². The molecule has 0 radical (unpaired) electrons. The van der Waals surface area contributed by atoms with E-state index < -0.39 is 22.6 Å². The van der Waals surface area contributed by atoms with Gasteiger partial charge in [-0.2, -0.15) is 13.2 Å². The minimum absolute atomic E-state index is 0.125. The average molecular weight is 433 g/mol.